The number of sulfonamides is 1. The van der Waals surface area contributed by atoms with Crippen molar-refractivity contribution in [1.82, 2.24) is 5.43 Å². The Morgan fingerprint density at radius 1 is 1.06 bits per heavy atom. The summed E-state index contributed by atoms with van der Waals surface area (Å²) in [6, 6.07) is 23.8. The van der Waals surface area contributed by atoms with Crippen LogP contribution in [0.3, 0.4) is 0 Å². The van der Waals surface area contributed by atoms with E-state index in [1.165, 1.54) is 18.3 Å². The first-order valence-corrected chi connectivity index (χ1v) is 12.0. The summed E-state index contributed by atoms with van der Waals surface area (Å²) < 4.78 is 33.1. The minimum atomic E-state index is -3.99. The van der Waals surface area contributed by atoms with Gasteiger partial charge in [0.25, 0.3) is 15.9 Å². The van der Waals surface area contributed by atoms with E-state index < -0.39 is 22.5 Å². The van der Waals surface area contributed by atoms with Gasteiger partial charge in [-0.25, -0.2) is 13.8 Å². The van der Waals surface area contributed by atoms with E-state index in [1.807, 2.05) is 25.1 Å². The number of amides is 1. The maximum Gasteiger partial charge on any atom is 0.264 e. The molecule has 174 valence electrons. The van der Waals surface area contributed by atoms with Gasteiger partial charge in [-0.1, -0.05) is 43.3 Å². The van der Waals surface area contributed by atoms with Crippen LogP contribution in [0.15, 0.2) is 88.9 Å². The fourth-order valence-corrected chi connectivity index (χ4v) is 4.66. The van der Waals surface area contributed by atoms with Crippen LogP contribution >= 0.6 is 0 Å². The summed E-state index contributed by atoms with van der Waals surface area (Å²) in [6.45, 7) is 1.44. The van der Waals surface area contributed by atoms with E-state index >= 15 is 0 Å². The third-order valence-electron chi connectivity index (χ3n) is 4.85. The van der Waals surface area contributed by atoms with Crippen LogP contribution in [-0.4, -0.2) is 33.7 Å². The minimum absolute atomic E-state index is 0.0486. The summed E-state index contributed by atoms with van der Waals surface area (Å²) in [5.74, 6) is -0.0466. The molecule has 34 heavy (non-hydrogen) atoms. The predicted octanol–water partition coefficient (Wildman–Crippen LogP) is 3.50. The number of benzene rings is 3. The van der Waals surface area contributed by atoms with Crippen LogP contribution in [0.1, 0.15) is 18.1 Å². The molecule has 0 bridgehead atoms. The average Bonchev–Trinajstić information content (AvgIpc) is 2.87. The highest BCUT2D eigenvalue weighted by Gasteiger charge is 2.28. The number of para-hydroxylation sites is 1. The molecule has 0 saturated carbocycles. The molecule has 1 amide bonds. The van der Waals surface area contributed by atoms with Crippen molar-refractivity contribution in [3.05, 3.63) is 90.0 Å². The SMILES string of the molecule is CCc1ccccc1N(CC(=O)N/N=C/c1ccc(OCC#N)cc1)S(=O)(=O)c1ccccc1. The van der Waals surface area contributed by atoms with Crippen molar-refractivity contribution in [2.45, 2.75) is 18.2 Å². The van der Waals surface area contributed by atoms with E-state index in [0.29, 0.717) is 23.4 Å². The van der Waals surface area contributed by atoms with E-state index in [4.69, 9.17) is 10.00 Å². The Labute approximate surface area is 199 Å². The lowest BCUT2D eigenvalue weighted by Crippen LogP contribution is -2.40. The van der Waals surface area contributed by atoms with Crippen molar-refractivity contribution in [1.29, 1.82) is 5.26 Å². The summed E-state index contributed by atoms with van der Waals surface area (Å²) in [5.41, 5.74) is 4.33. The maximum absolute atomic E-state index is 13.4. The lowest BCUT2D eigenvalue weighted by Gasteiger charge is -2.25. The number of hydrogen-bond donors (Lipinski definition) is 1. The molecule has 0 aromatic heterocycles. The van der Waals surface area contributed by atoms with Crippen LogP contribution in [0.5, 0.6) is 5.75 Å². The van der Waals surface area contributed by atoms with Gasteiger partial charge in [-0.3, -0.25) is 9.10 Å². The number of carbonyl (C=O) groups is 1. The second kappa shape index (κ2) is 11.6. The quantitative estimate of drug-likeness (QED) is 0.356. The number of anilines is 1. The second-order valence-electron chi connectivity index (χ2n) is 7.12. The van der Waals surface area contributed by atoms with E-state index in [1.54, 1.807) is 54.6 Å². The minimum Gasteiger partial charge on any atom is -0.479 e. The highest BCUT2D eigenvalue weighted by Crippen LogP contribution is 2.27. The zero-order valence-corrected chi connectivity index (χ0v) is 19.4. The highest BCUT2D eigenvalue weighted by molar-refractivity contribution is 7.92. The first-order chi connectivity index (χ1) is 16.5. The first kappa shape index (κ1) is 24.5. The Morgan fingerprint density at radius 3 is 2.41 bits per heavy atom. The predicted molar refractivity (Wildman–Crippen MR) is 130 cm³/mol. The molecule has 0 fully saturated rings. The number of hydrogen-bond acceptors (Lipinski definition) is 6. The number of nitrogens with zero attached hydrogens (tertiary/aromatic N) is 3. The zero-order valence-electron chi connectivity index (χ0n) is 18.6. The fraction of sp³-hybridized carbons (Fsp3) is 0.160. The molecule has 0 aliphatic rings. The van der Waals surface area contributed by atoms with Gasteiger partial charge in [-0.05, 0) is 60.0 Å². The standard InChI is InChI=1S/C25H24N4O4S/c1-2-21-8-6-7-11-24(21)29(34(31,32)23-9-4-3-5-10-23)19-25(30)28-27-18-20-12-14-22(15-13-20)33-17-16-26/h3-15,18H,2,17,19H2,1H3,(H,28,30)/b27-18+. The van der Waals surface area contributed by atoms with Gasteiger partial charge in [0.2, 0.25) is 0 Å². The Morgan fingerprint density at radius 2 is 1.74 bits per heavy atom. The lowest BCUT2D eigenvalue weighted by atomic mass is 10.1. The molecule has 1 N–H and O–H groups in total. The van der Waals surface area contributed by atoms with E-state index in [9.17, 15) is 13.2 Å². The van der Waals surface area contributed by atoms with Crippen LogP contribution in [0.25, 0.3) is 0 Å². The van der Waals surface area contributed by atoms with Crippen molar-refractivity contribution < 1.29 is 17.9 Å². The molecule has 9 heteroatoms. The zero-order chi connectivity index (χ0) is 24.4. The maximum atomic E-state index is 13.4. The molecular weight excluding hydrogens is 452 g/mol. The van der Waals surface area contributed by atoms with Crippen LogP contribution in [-0.2, 0) is 21.2 Å². The second-order valence-corrected chi connectivity index (χ2v) is 8.98. The molecule has 0 aliphatic heterocycles. The molecule has 0 unspecified atom stereocenters. The fourth-order valence-electron chi connectivity index (χ4n) is 3.18. The molecule has 3 aromatic carbocycles. The molecule has 0 radical (unpaired) electrons. The van der Waals surface area contributed by atoms with E-state index in [-0.39, 0.29) is 11.5 Å². The Hall–Kier alpha value is -4.16. The van der Waals surface area contributed by atoms with Crippen molar-refractivity contribution in [2.24, 2.45) is 5.10 Å². The van der Waals surface area contributed by atoms with E-state index in [2.05, 4.69) is 10.5 Å². The van der Waals surface area contributed by atoms with Crippen LogP contribution < -0.4 is 14.5 Å². The van der Waals surface area contributed by atoms with Crippen molar-refractivity contribution >= 4 is 27.8 Å². The third-order valence-corrected chi connectivity index (χ3v) is 6.62. The largest absolute Gasteiger partial charge is 0.479 e. The van der Waals surface area contributed by atoms with Crippen molar-refractivity contribution in [2.75, 3.05) is 17.5 Å². The van der Waals surface area contributed by atoms with Gasteiger partial charge in [0.15, 0.2) is 6.61 Å². The monoisotopic (exact) mass is 476 g/mol. The Kier molecular flexibility index (Phi) is 8.37. The van der Waals surface area contributed by atoms with Crippen LogP contribution in [0.2, 0.25) is 0 Å². The number of hydrazone groups is 1. The molecule has 3 rings (SSSR count). The van der Waals surface area contributed by atoms with Gasteiger partial charge in [-0.2, -0.15) is 10.4 Å². The van der Waals surface area contributed by atoms with Gasteiger partial charge in [0.1, 0.15) is 18.4 Å². The number of nitriles is 1. The molecule has 0 spiro atoms. The summed E-state index contributed by atoms with van der Waals surface area (Å²) >= 11 is 0. The van der Waals surface area contributed by atoms with Gasteiger partial charge in [0.05, 0.1) is 16.8 Å². The average molecular weight is 477 g/mol. The molecule has 0 saturated heterocycles. The summed E-state index contributed by atoms with van der Waals surface area (Å²) in [5, 5.41) is 12.5. The molecule has 3 aromatic rings. The van der Waals surface area contributed by atoms with Crippen molar-refractivity contribution in [3.8, 4) is 11.8 Å². The molecular formula is C25H24N4O4S. The van der Waals surface area contributed by atoms with Crippen LogP contribution in [0.4, 0.5) is 5.69 Å². The summed E-state index contributed by atoms with van der Waals surface area (Å²) in [6.07, 6.45) is 2.03. The van der Waals surface area contributed by atoms with Gasteiger partial charge in [0, 0.05) is 0 Å². The van der Waals surface area contributed by atoms with Crippen molar-refractivity contribution in [3.63, 3.8) is 0 Å². The third kappa shape index (κ3) is 6.21. The molecule has 0 aliphatic carbocycles. The summed E-state index contributed by atoms with van der Waals surface area (Å²) in [4.78, 5) is 12.8. The van der Waals surface area contributed by atoms with Gasteiger partial charge < -0.3 is 4.74 Å². The Balaban J connectivity index is 1.78. The van der Waals surface area contributed by atoms with Gasteiger partial charge in [-0.15, -0.1) is 0 Å². The smallest absolute Gasteiger partial charge is 0.264 e. The molecule has 0 heterocycles. The normalized spacial score (nSPS) is 11.1. The number of nitrogens with one attached hydrogen (secondary N) is 1. The Bertz CT molecular complexity index is 1280. The summed E-state index contributed by atoms with van der Waals surface area (Å²) in [7, 11) is -3.99. The highest BCUT2D eigenvalue weighted by atomic mass is 32.2. The van der Waals surface area contributed by atoms with Gasteiger partial charge >= 0.3 is 0 Å². The number of aryl methyl sites for hydroxylation is 1. The molecule has 8 nitrogen and oxygen atoms in total. The number of ether oxygens (including phenoxy) is 1. The molecule has 0 atom stereocenters. The number of rotatable bonds is 10. The lowest BCUT2D eigenvalue weighted by molar-refractivity contribution is -0.119. The number of carbonyl (C=O) groups excluding carboxylic acids is 1. The topological polar surface area (TPSA) is 112 Å². The van der Waals surface area contributed by atoms with Crippen LogP contribution in [0, 0.1) is 11.3 Å². The first-order valence-electron chi connectivity index (χ1n) is 10.5. The van der Waals surface area contributed by atoms with E-state index in [0.717, 1.165) is 9.87 Å².